The van der Waals surface area contributed by atoms with Gasteiger partial charge in [-0.05, 0) is 24.6 Å². The SMILES string of the molecule is O=C(c1occc1COc1ccccc1)N1CCC(C(=O)O)(C(F)(F)F)C1. The predicted octanol–water partition coefficient (Wildman–Crippen LogP) is 3.34. The first-order chi connectivity index (χ1) is 12.7. The summed E-state index contributed by atoms with van der Waals surface area (Å²) in [7, 11) is 0. The van der Waals surface area contributed by atoms with Gasteiger partial charge < -0.3 is 19.2 Å². The molecule has 1 saturated heterocycles. The fourth-order valence-electron chi connectivity index (χ4n) is 2.97. The molecule has 1 aromatic heterocycles. The standard InChI is InChI=1S/C18H16F3NO5/c19-18(20,21)17(16(24)25)7-8-22(11-17)15(23)14-12(6-9-26-14)10-27-13-4-2-1-3-5-13/h1-6,9H,7-8,10-11H2,(H,24,25). The van der Waals surface area contributed by atoms with Crippen LogP contribution in [0.5, 0.6) is 5.75 Å². The van der Waals surface area contributed by atoms with E-state index in [1.807, 2.05) is 6.07 Å². The van der Waals surface area contributed by atoms with E-state index in [4.69, 9.17) is 14.3 Å². The van der Waals surface area contributed by atoms with Crippen LogP contribution in [0, 0.1) is 5.41 Å². The monoisotopic (exact) mass is 383 g/mol. The second-order valence-electron chi connectivity index (χ2n) is 6.24. The van der Waals surface area contributed by atoms with Crippen molar-refractivity contribution in [3.63, 3.8) is 0 Å². The van der Waals surface area contributed by atoms with Gasteiger partial charge in [0.2, 0.25) is 0 Å². The number of nitrogens with zero attached hydrogens (tertiary/aromatic N) is 1. The quantitative estimate of drug-likeness (QED) is 0.857. The molecule has 1 atom stereocenters. The van der Waals surface area contributed by atoms with Gasteiger partial charge in [0, 0.05) is 18.7 Å². The first kappa shape index (κ1) is 18.8. The minimum absolute atomic E-state index is 0.0151. The average molecular weight is 383 g/mol. The summed E-state index contributed by atoms with van der Waals surface area (Å²) in [6.45, 7) is -1.30. The molecule has 1 N–H and O–H groups in total. The number of rotatable bonds is 5. The topological polar surface area (TPSA) is 80.0 Å². The van der Waals surface area contributed by atoms with E-state index in [0.29, 0.717) is 11.3 Å². The number of ether oxygens (including phenoxy) is 1. The Morgan fingerprint density at radius 3 is 2.52 bits per heavy atom. The van der Waals surface area contributed by atoms with Gasteiger partial charge in [0.05, 0.1) is 6.26 Å². The number of halogens is 3. The van der Waals surface area contributed by atoms with Gasteiger partial charge in [-0.3, -0.25) is 9.59 Å². The van der Waals surface area contributed by atoms with Gasteiger partial charge >= 0.3 is 12.1 Å². The lowest BCUT2D eigenvalue weighted by Crippen LogP contribution is -2.47. The van der Waals surface area contributed by atoms with Crippen LogP contribution in [-0.4, -0.2) is 41.1 Å². The van der Waals surface area contributed by atoms with Crippen molar-refractivity contribution in [2.24, 2.45) is 5.41 Å². The number of carbonyl (C=O) groups excluding carboxylic acids is 1. The normalized spacial score (nSPS) is 19.9. The number of carboxylic acids is 1. The van der Waals surface area contributed by atoms with Crippen LogP contribution in [0.3, 0.4) is 0 Å². The van der Waals surface area contributed by atoms with E-state index >= 15 is 0 Å². The number of aliphatic carboxylic acids is 1. The van der Waals surface area contributed by atoms with Crippen LogP contribution in [0.4, 0.5) is 13.2 Å². The molecule has 1 unspecified atom stereocenters. The van der Waals surface area contributed by atoms with Crippen molar-refractivity contribution in [3.8, 4) is 5.75 Å². The second kappa shape index (κ2) is 6.98. The first-order valence-electron chi connectivity index (χ1n) is 8.08. The second-order valence-corrected chi connectivity index (χ2v) is 6.24. The number of para-hydroxylation sites is 1. The Kier molecular flexibility index (Phi) is 4.86. The van der Waals surface area contributed by atoms with Crippen LogP contribution < -0.4 is 4.74 Å². The fraction of sp³-hybridized carbons (Fsp3) is 0.333. The zero-order valence-electron chi connectivity index (χ0n) is 14.0. The Morgan fingerprint density at radius 2 is 1.93 bits per heavy atom. The maximum atomic E-state index is 13.3. The average Bonchev–Trinajstić information content (AvgIpc) is 3.27. The molecule has 1 amide bonds. The molecule has 27 heavy (non-hydrogen) atoms. The summed E-state index contributed by atoms with van der Waals surface area (Å²) < 4.78 is 50.5. The fourth-order valence-corrected chi connectivity index (χ4v) is 2.97. The van der Waals surface area contributed by atoms with Crippen molar-refractivity contribution in [3.05, 3.63) is 54.0 Å². The molecule has 0 bridgehead atoms. The zero-order chi connectivity index (χ0) is 19.7. The number of benzene rings is 1. The van der Waals surface area contributed by atoms with Crippen LogP contribution in [0.25, 0.3) is 0 Å². The molecule has 0 aliphatic carbocycles. The summed E-state index contributed by atoms with van der Waals surface area (Å²) >= 11 is 0. The third-order valence-electron chi connectivity index (χ3n) is 4.59. The minimum Gasteiger partial charge on any atom is -0.489 e. The number of carbonyl (C=O) groups is 2. The number of hydrogen-bond donors (Lipinski definition) is 1. The van der Waals surface area contributed by atoms with Crippen molar-refractivity contribution in [2.45, 2.75) is 19.2 Å². The maximum Gasteiger partial charge on any atom is 0.406 e. The summed E-state index contributed by atoms with van der Waals surface area (Å²) in [6.07, 6.45) is -4.42. The molecule has 3 rings (SSSR count). The molecule has 0 radical (unpaired) electrons. The molecule has 2 aromatic rings. The van der Waals surface area contributed by atoms with E-state index in [1.165, 1.54) is 12.3 Å². The van der Waals surface area contributed by atoms with Crippen molar-refractivity contribution in [2.75, 3.05) is 13.1 Å². The van der Waals surface area contributed by atoms with Gasteiger partial charge in [-0.2, -0.15) is 13.2 Å². The Hall–Kier alpha value is -2.97. The van der Waals surface area contributed by atoms with E-state index in [0.717, 1.165) is 4.90 Å². The van der Waals surface area contributed by atoms with Crippen LogP contribution in [-0.2, 0) is 11.4 Å². The highest BCUT2D eigenvalue weighted by Gasteiger charge is 2.64. The lowest BCUT2D eigenvalue weighted by molar-refractivity contribution is -0.227. The lowest BCUT2D eigenvalue weighted by Gasteiger charge is -2.27. The Bertz CT molecular complexity index is 833. The van der Waals surface area contributed by atoms with Gasteiger partial charge in [0.25, 0.3) is 5.91 Å². The lowest BCUT2D eigenvalue weighted by atomic mass is 9.86. The van der Waals surface area contributed by atoms with Crippen LogP contribution in [0.15, 0.2) is 47.1 Å². The Balaban J connectivity index is 1.74. The van der Waals surface area contributed by atoms with Crippen molar-refractivity contribution < 1.29 is 37.0 Å². The predicted molar refractivity (Wildman–Crippen MR) is 86.1 cm³/mol. The number of carboxylic acid groups (broad SMARTS) is 1. The maximum absolute atomic E-state index is 13.3. The molecule has 1 fully saturated rings. The smallest absolute Gasteiger partial charge is 0.406 e. The van der Waals surface area contributed by atoms with Crippen LogP contribution in [0.1, 0.15) is 22.5 Å². The molecular formula is C18H16F3NO5. The van der Waals surface area contributed by atoms with Crippen molar-refractivity contribution in [1.29, 1.82) is 0 Å². The largest absolute Gasteiger partial charge is 0.489 e. The third kappa shape index (κ3) is 3.49. The highest BCUT2D eigenvalue weighted by molar-refractivity contribution is 5.94. The highest BCUT2D eigenvalue weighted by atomic mass is 19.4. The molecule has 2 heterocycles. The summed E-state index contributed by atoms with van der Waals surface area (Å²) in [4.78, 5) is 24.7. The number of likely N-dealkylation sites (tertiary alicyclic amines) is 1. The number of hydrogen-bond acceptors (Lipinski definition) is 4. The van der Waals surface area contributed by atoms with E-state index in [9.17, 15) is 22.8 Å². The molecule has 9 heteroatoms. The van der Waals surface area contributed by atoms with E-state index < -0.39 is 36.4 Å². The molecular weight excluding hydrogens is 367 g/mol. The molecule has 0 spiro atoms. The number of furan rings is 1. The van der Waals surface area contributed by atoms with Gasteiger partial charge in [-0.25, -0.2) is 0 Å². The van der Waals surface area contributed by atoms with Gasteiger partial charge in [-0.1, -0.05) is 18.2 Å². The van der Waals surface area contributed by atoms with Crippen molar-refractivity contribution in [1.82, 2.24) is 4.90 Å². The van der Waals surface area contributed by atoms with Crippen molar-refractivity contribution >= 4 is 11.9 Å². The molecule has 144 valence electrons. The highest BCUT2D eigenvalue weighted by Crippen LogP contribution is 2.46. The molecule has 1 aliphatic rings. The summed E-state index contributed by atoms with van der Waals surface area (Å²) in [5.74, 6) is -2.38. The van der Waals surface area contributed by atoms with E-state index in [1.54, 1.807) is 24.3 Å². The van der Waals surface area contributed by atoms with Gasteiger partial charge in [-0.15, -0.1) is 0 Å². The summed E-state index contributed by atoms with van der Waals surface area (Å²) in [5, 5.41) is 9.09. The molecule has 6 nitrogen and oxygen atoms in total. The Morgan fingerprint density at radius 1 is 1.22 bits per heavy atom. The Labute approximate surface area is 152 Å². The number of alkyl halides is 3. The third-order valence-corrected chi connectivity index (χ3v) is 4.59. The molecule has 0 saturated carbocycles. The van der Waals surface area contributed by atoms with Gasteiger partial charge in [0.1, 0.15) is 12.4 Å². The summed E-state index contributed by atoms with van der Waals surface area (Å²) in [6, 6.07) is 10.3. The van der Waals surface area contributed by atoms with Crippen LogP contribution in [0.2, 0.25) is 0 Å². The summed E-state index contributed by atoms with van der Waals surface area (Å²) in [5.41, 5.74) is -2.60. The van der Waals surface area contributed by atoms with Crippen LogP contribution >= 0.6 is 0 Å². The van der Waals surface area contributed by atoms with E-state index in [-0.39, 0.29) is 18.9 Å². The van der Waals surface area contributed by atoms with Gasteiger partial charge in [0.15, 0.2) is 11.2 Å². The molecule has 1 aliphatic heterocycles. The first-order valence-corrected chi connectivity index (χ1v) is 8.08. The minimum atomic E-state index is -4.96. The number of amides is 1. The van der Waals surface area contributed by atoms with E-state index in [2.05, 4.69) is 0 Å². The zero-order valence-corrected chi connectivity index (χ0v) is 14.0. The molecule has 1 aromatic carbocycles.